The molecule has 0 atom stereocenters. The molecular weight excluding hydrogens is 436 g/mol. The normalized spacial score (nSPS) is 13.2. The Balaban J connectivity index is 1.49. The largest absolute Gasteiger partial charge is 0.493 e. The molecule has 0 radical (unpaired) electrons. The summed E-state index contributed by atoms with van der Waals surface area (Å²) in [5.74, 6) is 2.18. The van der Waals surface area contributed by atoms with E-state index in [2.05, 4.69) is 45.5 Å². The Bertz CT molecular complexity index is 1160. The molecule has 0 unspecified atom stereocenters. The predicted molar refractivity (Wildman–Crippen MR) is 130 cm³/mol. The molecule has 1 aliphatic rings. The van der Waals surface area contributed by atoms with Gasteiger partial charge in [-0.1, -0.05) is 48.0 Å². The van der Waals surface area contributed by atoms with E-state index in [0.717, 1.165) is 48.4 Å². The summed E-state index contributed by atoms with van der Waals surface area (Å²) in [6.07, 6.45) is 1.61. The van der Waals surface area contributed by atoms with E-state index in [1.807, 2.05) is 24.3 Å². The average Bonchev–Trinajstić information content (AvgIpc) is 2.86. The number of nitriles is 1. The molecule has 2 aromatic carbocycles. The lowest BCUT2D eigenvalue weighted by atomic mass is 9.98. The molecule has 0 aliphatic carbocycles. The summed E-state index contributed by atoms with van der Waals surface area (Å²) in [6.45, 7) is 3.14. The van der Waals surface area contributed by atoms with Crippen LogP contribution in [0.15, 0.2) is 48.5 Å². The highest BCUT2D eigenvalue weighted by Gasteiger charge is 2.25. The monoisotopic (exact) mass is 462 g/mol. The van der Waals surface area contributed by atoms with Gasteiger partial charge in [0, 0.05) is 31.7 Å². The van der Waals surface area contributed by atoms with Gasteiger partial charge in [0.25, 0.3) is 0 Å². The molecule has 33 heavy (non-hydrogen) atoms. The summed E-state index contributed by atoms with van der Waals surface area (Å²) < 4.78 is 10.7. The smallest absolute Gasteiger partial charge is 0.161 e. The number of ether oxygens (including phenoxy) is 2. The molecule has 1 N–H and O–H groups in total. The number of methoxy groups -OCH3 is 2. The standard InChI is InChI=1S/C26H27ClN4O2/c1-32-23-9-8-18(14-24(23)33-2)10-12-29-26-20-11-13-31(16-19-6-4-3-5-7-19)17-21(20)25(27)22(15-28)30-26/h3-9,14H,10-13,16-17H2,1-2H3,(H,29,30). The zero-order valence-corrected chi connectivity index (χ0v) is 19.7. The van der Waals surface area contributed by atoms with E-state index in [9.17, 15) is 5.26 Å². The fraction of sp³-hybridized carbons (Fsp3) is 0.308. The van der Waals surface area contributed by atoms with Crippen molar-refractivity contribution in [2.45, 2.75) is 25.9 Å². The number of hydrogen-bond donors (Lipinski definition) is 1. The van der Waals surface area contributed by atoms with Crippen molar-refractivity contribution in [3.8, 4) is 17.6 Å². The highest BCUT2D eigenvalue weighted by Crippen LogP contribution is 2.33. The topological polar surface area (TPSA) is 70.4 Å². The molecule has 1 aliphatic heterocycles. The van der Waals surface area contributed by atoms with Crippen molar-refractivity contribution in [3.63, 3.8) is 0 Å². The number of halogens is 1. The number of anilines is 1. The maximum atomic E-state index is 9.59. The molecule has 170 valence electrons. The second-order valence-electron chi connectivity index (χ2n) is 8.00. The van der Waals surface area contributed by atoms with Crippen LogP contribution in [0.25, 0.3) is 0 Å². The Hall–Kier alpha value is -3.27. The van der Waals surface area contributed by atoms with Crippen molar-refractivity contribution in [1.82, 2.24) is 9.88 Å². The van der Waals surface area contributed by atoms with Gasteiger partial charge < -0.3 is 14.8 Å². The summed E-state index contributed by atoms with van der Waals surface area (Å²) >= 11 is 6.59. The third-order valence-corrected chi connectivity index (χ3v) is 6.32. The molecule has 0 bridgehead atoms. The first-order chi connectivity index (χ1) is 16.1. The number of hydrogen-bond acceptors (Lipinski definition) is 6. The number of benzene rings is 2. The van der Waals surface area contributed by atoms with E-state index in [1.165, 1.54) is 5.56 Å². The van der Waals surface area contributed by atoms with Crippen molar-refractivity contribution in [3.05, 3.63) is 81.5 Å². The molecule has 3 aromatic rings. The minimum atomic E-state index is 0.269. The van der Waals surface area contributed by atoms with Gasteiger partial charge in [-0.15, -0.1) is 0 Å². The third kappa shape index (κ3) is 5.22. The van der Waals surface area contributed by atoms with Crippen LogP contribution in [0.5, 0.6) is 11.5 Å². The van der Waals surface area contributed by atoms with E-state index >= 15 is 0 Å². The average molecular weight is 463 g/mol. The molecule has 6 nitrogen and oxygen atoms in total. The van der Waals surface area contributed by atoms with E-state index < -0.39 is 0 Å². The second-order valence-corrected chi connectivity index (χ2v) is 8.38. The molecule has 0 fully saturated rings. The van der Waals surface area contributed by atoms with Gasteiger partial charge in [0.2, 0.25) is 0 Å². The van der Waals surface area contributed by atoms with Gasteiger partial charge in [0.15, 0.2) is 17.2 Å². The van der Waals surface area contributed by atoms with Crippen LogP contribution in [0, 0.1) is 11.3 Å². The van der Waals surface area contributed by atoms with Crippen molar-refractivity contribution in [1.29, 1.82) is 5.26 Å². The van der Waals surface area contributed by atoms with Crippen LogP contribution in [0.3, 0.4) is 0 Å². The minimum Gasteiger partial charge on any atom is -0.493 e. The highest BCUT2D eigenvalue weighted by molar-refractivity contribution is 6.32. The summed E-state index contributed by atoms with van der Waals surface area (Å²) in [4.78, 5) is 6.90. The van der Waals surface area contributed by atoms with Crippen molar-refractivity contribution in [2.75, 3.05) is 32.6 Å². The van der Waals surface area contributed by atoms with Crippen LogP contribution < -0.4 is 14.8 Å². The minimum absolute atomic E-state index is 0.269. The highest BCUT2D eigenvalue weighted by atomic mass is 35.5. The van der Waals surface area contributed by atoms with Gasteiger partial charge in [0.05, 0.1) is 19.2 Å². The van der Waals surface area contributed by atoms with Gasteiger partial charge in [-0.25, -0.2) is 4.98 Å². The number of fused-ring (bicyclic) bond motifs is 1. The maximum Gasteiger partial charge on any atom is 0.161 e. The molecule has 0 saturated heterocycles. The van der Waals surface area contributed by atoms with Crippen LogP contribution in [-0.4, -0.2) is 37.2 Å². The van der Waals surface area contributed by atoms with Crippen LogP contribution in [-0.2, 0) is 25.9 Å². The Morgan fingerprint density at radius 2 is 1.85 bits per heavy atom. The first-order valence-electron chi connectivity index (χ1n) is 10.9. The third-order valence-electron chi connectivity index (χ3n) is 5.92. The molecule has 0 amide bonds. The lowest BCUT2D eigenvalue weighted by Crippen LogP contribution is -2.31. The number of rotatable bonds is 8. The summed E-state index contributed by atoms with van der Waals surface area (Å²) in [5, 5.41) is 13.5. The predicted octanol–water partition coefficient (Wildman–Crippen LogP) is 4.84. The Morgan fingerprint density at radius 1 is 1.06 bits per heavy atom. The van der Waals surface area contributed by atoms with Crippen molar-refractivity contribution >= 4 is 17.4 Å². The van der Waals surface area contributed by atoms with E-state index in [1.54, 1.807) is 14.2 Å². The molecule has 0 saturated carbocycles. The number of pyridine rings is 1. The van der Waals surface area contributed by atoms with Gasteiger partial charge in [-0.05, 0) is 41.7 Å². The van der Waals surface area contributed by atoms with Gasteiger partial charge in [0.1, 0.15) is 11.9 Å². The molecule has 1 aromatic heterocycles. The Labute approximate surface area is 199 Å². The Morgan fingerprint density at radius 3 is 2.58 bits per heavy atom. The SMILES string of the molecule is COc1ccc(CCNc2nc(C#N)c(Cl)c3c2CCN(Cc2ccccc2)C3)cc1OC. The molecule has 7 heteroatoms. The van der Waals surface area contributed by atoms with Gasteiger partial charge >= 0.3 is 0 Å². The van der Waals surface area contributed by atoms with Crippen LogP contribution in [0.1, 0.15) is 27.9 Å². The lowest BCUT2D eigenvalue weighted by molar-refractivity contribution is 0.245. The van der Waals surface area contributed by atoms with Crippen LogP contribution >= 0.6 is 11.6 Å². The molecular formula is C26H27ClN4O2. The van der Waals surface area contributed by atoms with Crippen LogP contribution in [0.2, 0.25) is 5.02 Å². The fourth-order valence-corrected chi connectivity index (χ4v) is 4.47. The summed E-state index contributed by atoms with van der Waals surface area (Å²) in [6, 6.07) is 18.5. The second kappa shape index (κ2) is 10.6. The first kappa shape index (κ1) is 22.9. The zero-order chi connectivity index (χ0) is 23.2. The number of nitrogens with zero attached hydrogens (tertiary/aromatic N) is 3. The van der Waals surface area contributed by atoms with E-state index in [-0.39, 0.29) is 5.69 Å². The number of aromatic nitrogens is 1. The first-order valence-corrected chi connectivity index (χ1v) is 11.3. The van der Waals surface area contributed by atoms with Gasteiger partial charge in [-0.2, -0.15) is 5.26 Å². The molecule has 4 rings (SSSR count). The van der Waals surface area contributed by atoms with E-state index in [4.69, 9.17) is 21.1 Å². The quantitative estimate of drug-likeness (QED) is 0.516. The summed E-state index contributed by atoms with van der Waals surface area (Å²) in [5.41, 5.74) is 4.76. The Kier molecular flexibility index (Phi) is 7.33. The fourth-order valence-electron chi connectivity index (χ4n) is 4.21. The molecule has 0 spiro atoms. The molecule has 2 heterocycles. The van der Waals surface area contributed by atoms with Crippen molar-refractivity contribution < 1.29 is 9.47 Å². The lowest BCUT2D eigenvalue weighted by Gasteiger charge is -2.30. The maximum absolute atomic E-state index is 9.59. The van der Waals surface area contributed by atoms with Gasteiger partial charge in [-0.3, -0.25) is 4.90 Å². The van der Waals surface area contributed by atoms with E-state index in [0.29, 0.717) is 29.6 Å². The zero-order valence-electron chi connectivity index (χ0n) is 18.9. The van der Waals surface area contributed by atoms with Crippen molar-refractivity contribution in [2.24, 2.45) is 0 Å². The number of nitrogens with one attached hydrogen (secondary N) is 1. The van der Waals surface area contributed by atoms with Crippen LogP contribution in [0.4, 0.5) is 5.82 Å². The summed E-state index contributed by atoms with van der Waals surface area (Å²) in [7, 11) is 3.26.